The summed E-state index contributed by atoms with van der Waals surface area (Å²) in [5.74, 6) is -0.0505. The summed E-state index contributed by atoms with van der Waals surface area (Å²) in [5.41, 5.74) is 2.41. The van der Waals surface area contributed by atoms with Crippen LogP contribution in [-0.2, 0) is 16.1 Å². The first-order chi connectivity index (χ1) is 13.9. The first kappa shape index (κ1) is 21.9. The molecular formula is C22H25NO6. The van der Waals surface area contributed by atoms with Crippen LogP contribution in [0.2, 0.25) is 0 Å². The van der Waals surface area contributed by atoms with Crippen LogP contribution in [0.3, 0.4) is 0 Å². The lowest BCUT2D eigenvalue weighted by Gasteiger charge is -2.11. The van der Waals surface area contributed by atoms with E-state index in [4.69, 9.17) is 14.2 Å². The van der Waals surface area contributed by atoms with Crippen LogP contribution in [0.1, 0.15) is 44.7 Å². The van der Waals surface area contributed by atoms with E-state index in [0.717, 1.165) is 5.56 Å². The molecule has 0 aliphatic rings. The lowest BCUT2D eigenvalue weighted by atomic mass is 10.0. The number of ether oxygens (including phenoxy) is 3. The standard InChI is InChI=1S/C22H25NO6/c1-14-5-8-19(27-2)16(11-14)18(24)7-10-21(25)23-13-15-6-9-20(28-3)17(12-15)22(26)29-4/h5-6,8-9,11-12H,7,10,13H2,1-4H3,(H,23,25). The molecule has 2 aromatic carbocycles. The Bertz CT molecular complexity index is 906. The fraction of sp³-hybridized carbons (Fsp3) is 0.318. The number of carbonyl (C=O) groups is 3. The minimum atomic E-state index is -0.521. The number of ketones is 1. The average molecular weight is 399 g/mol. The number of Topliss-reactive ketones (excluding diaryl/α,β-unsaturated/α-hetero) is 1. The van der Waals surface area contributed by atoms with Gasteiger partial charge in [0.1, 0.15) is 17.1 Å². The zero-order valence-corrected chi connectivity index (χ0v) is 17.0. The highest BCUT2D eigenvalue weighted by Crippen LogP contribution is 2.22. The minimum absolute atomic E-state index is 0.0515. The molecule has 0 radical (unpaired) electrons. The van der Waals surface area contributed by atoms with Crippen molar-refractivity contribution in [2.75, 3.05) is 21.3 Å². The van der Waals surface area contributed by atoms with Gasteiger partial charge >= 0.3 is 5.97 Å². The summed E-state index contributed by atoms with van der Waals surface area (Å²) in [6, 6.07) is 10.3. The number of nitrogens with one attached hydrogen (secondary N) is 1. The molecule has 0 heterocycles. The van der Waals surface area contributed by atoms with Gasteiger partial charge in [-0.2, -0.15) is 0 Å². The normalized spacial score (nSPS) is 10.2. The monoisotopic (exact) mass is 399 g/mol. The molecule has 0 saturated heterocycles. The van der Waals surface area contributed by atoms with E-state index < -0.39 is 5.97 Å². The fourth-order valence-corrected chi connectivity index (χ4v) is 2.83. The second kappa shape index (κ2) is 10.3. The predicted octanol–water partition coefficient (Wildman–Crippen LogP) is 3.08. The molecule has 154 valence electrons. The molecule has 7 nitrogen and oxygen atoms in total. The number of methoxy groups -OCH3 is 3. The highest BCUT2D eigenvalue weighted by molar-refractivity contribution is 6.00. The van der Waals surface area contributed by atoms with Gasteiger partial charge in [-0.1, -0.05) is 17.7 Å². The Kier molecular flexibility index (Phi) is 7.77. The van der Waals surface area contributed by atoms with Gasteiger partial charge in [0, 0.05) is 19.4 Å². The van der Waals surface area contributed by atoms with E-state index in [9.17, 15) is 14.4 Å². The molecule has 29 heavy (non-hydrogen) atoms. The Morgan fingerprint density at radius 3 is 2.17 bits per heavy atom. The molecule has 1 amide bonds. The van der Waals surface area contributed by atoms with Gasteiger partial charge < -0.3 is 19.5 Å². The van der Waals surface area contributed by atoms with Crippen LogP contribution in [0.5, 0.6) is 11.5 Å². The molecule has 0 saturated carbocycles. The lowest BCUT2D eigenvalue weighted by molar-refractivity contribution is -0.121. The Morgan fingerprint density at radius 1 is 0.862 bits per heavy atom. The third kappa shape index (κ3) is 5.81. The van der Waals surface area contributed by atoms with E-state index in [1.807, 2.05) is 13.0 Å². The van der Waals surface area contributed by atoms with E-state index in [1.54, 1.807) is 30.3 Å². The summed E-state index contributed by atoms with van der Waals surface area (Å²) in [6.07, 6.45) is 0.123. The van der Waals surface area contributed by atoms with Crippen LogP contribution in [0.4, 0.5) is 0 Å². The lowest BCUT2D eigenvalue weighted by Crippen LogP contribution is -2.23. The van der Waals surface area contributed by atoms with Crippen molar-refractivity contribution in [3.63, 3.8) is 0 Å². The maximum atomic E-state index is 12.5. The van der Waals surface area contributed by atoms with Gasteiger partial charge in [-0.05, 0) is 36.8 Å². The van der Waals surface area contributed by atoms with E-state index >= 15 is 0 Å². The first-order valence-electron chi connectivity index (χ1n) is 9.09. The van der Waals surface area contributed by atoms with Crippen LogP contribution < -0.4 is 14.8 Å². The molecule has 0 unspecified atom stereocenters. The van der Waals surface area contributed by atoms with Gasteiger partial charge in [0.25, 0.3) is 0 Å². The quantitative estimate of drug-likeness (QED) is 0.515. The van der Waals surface area contributed by atoms with Crippen molar-refractivity contribution in [3.8, 4) is 11.5 Å². The van der Waals surface area contributed by atoms with Gasteiger partial charge in [0.15, 0.2) is 5.78 Å². The fourth-order valence-electron chi connectivity index (χ4n) is 2.83. The highest BCUT2D eigenvalue weighted by Gasteiger charge is 2.16. The molecule has 0 atom stereocenters. The largest absolute Gasteiger partial charge is 0.496 e. The van der Waals surface area contributed by atoms with Crippen LogP contribution in [0.25, 0.3) is 0 Å². The molecule has 0 spiro atoms. The van der Waals surface area contributed by atoms with E-state index in [0.29, 0.717) is 22.6 Å². The van der Waals surface area contributed by atoms with Crippen molar-refractivity contribution in [2.45, 2.75) is 26.3 Å². The molecule has 0 aliphatic heterocycles. The zero-order valence-electron chi connectivity index (χ0n) is 17.0. The van der Waals surface area contributed by atoms with Crippen LogP contribution in [-0.4, -0.2) is 39.0 Å². The average Bonchev–Trinajstić information content (AvgIpc) is 2.75. The Morgan fingerprint density at radius 2 is 1.52 bits per heavy atom. The van der Waals surface area contributed by atoms with Crippen molar-refractivity contribution in [1.29, 1.82) is 0 Å². The number of hydrogen-bond donors (Lipinski definition) is 1. The SMILES string of the molecule is COC(=O)c1cc(CNC(=O)CCC(=O)c2cc(C)ccc2OC)ccc1OC. The molecular weight excluding hydrogens is 374 g/mol. The van der Waals surface area contributed by atoms with Gasteiger partial charge in [-0.15, -0.1) is 0 Å². The van der Waals surface area contributed by atoms with Gasteiger partial charge in [-0.3, -0.25) is 9.59 Å². The summed E-state index contributed by atoms with van der Waals surface area (Å²) >= 11 is 0. The first-order valence-corrected chi connectivity index (χ1v) is 9.09. The Balaban J connectivity index is 1.94. The van der Waals surface area contributed by atoms with Crippen LogP contribution in [0, 0.1) is 6.92 Å². The molecule has 2 rings (SSSR count). The van der Waals surface area contributed by atoms with Crippen molar-refractivity contribution in [1.82, 2.24) is 5.32 Å². The maximum Gasteiger partial charge on any atom is 0.341 e. The van der Waals surface area contributed by atoms with Crippen molar-refractivity contribution in [2.24, 2.45) is 0 Å². The van der Waals surface area contributed by atoms with E-state index in [1.165, 1.54) is 21.3 Å². The summed E-state index contributed by atoms with van der Waals surface area (Å²) in [5, 5.41) is 2.75. The number of carbonyl (C=O) groups excluding carboxylic acids is 3. The van der Waals surface area contributed by atoms with Crippen LogP contribution >= 0.6 is 0 Å². The molecule has 0 fully saturated rings. The Hall–Kier alpha value is -3.35. The second-order valence-corrected chi connectivity index (χ2v) is 6.43. The summed E-state index contributed by atoms with van der Waals surface area (Å²) < 4.78 is 15.1. The summed E-state index contributed by atoms with van der Waals surface area (Å²) in [7, 11) is 4.26. The second-order valence-electron chi connectivity index (χ2n) is 6.43. The van der Waals surface area contributed by atoms with E-state index in [-0.39, 0.29) is 36.6 Å². The third-order valence-corrected chi connectivity index (χ3v) is 4.39. The van der Waals surface area contributed by atoms with Gasteiger partial charge in [-0.25, -0.2) is 4.79 Å². The number of aryl methyl sites for hydroxylation is 1. The predicted molar refractivity (Wildman–Crippen MR) is 107 cm³/mol. The third-order valence-electron chi connectivity index (χ3n) is 4.39. The molecule has 0 bridgehead atoms. The number of rotatable bonds is 9. The minimum Gasteiger partial charge on any atom is -0.496 e. The van der Waals surface area contributed by atoms with E-state index in [2.05, 4.69) is 5.32 Å². The number of hydrogen-bond acceptors (Lipinski definition) is 6. The van der Waals surface area contributed by atoms with Crippen molar-refractivity contribution >= 4 is 17.7 Å². The number of benzene rings is 2. The Labute approximate surface area is 170 Å². The molecule has 0 aliphatic carbocycles. The molecule has 0 aromatic heterocycles. The summed E-state index contributed by atoms with van der Waals surface area (Å²) in [4.78, 5) is 36.4. The topological polar surface area (TPSA) is 90.9 Å². The number of esters is 1. The highest BCUT2D eigenvalue weighted by atomic mass is 16.5. The molecule has 1 N–H and O–H groups in total. The van der Waals surface area contributed by atoms with Gasteiger partial charge in [0.05, 0.1) is 26.9 Å². The van der Waals surface area contributed by atoms with Crippen molar-refractivity contribution in [3.05, 3.63) is 58.7 Å². The zero-order chi connectivity index (χ0) is 21.4. The maximum absolute atomic E-state index is 12.5. The number of amides is 1. The van der Waals surface area contributed by atoms with Crippen LogP contribution in [0.15, 0.2) is 36.4 Å². The van der Waals surface area contributed by atoms with Gasteiger partial charge in [0.2, 0.25) is 5.91 Å². The molecule has 7 heteroatoms. The molecule has 2 aromatic rings. The van der Waals surface area contributed by atoms with Crippen molar-refractivity contribution < 1.29 is 28.6 Å². The smallest absolute Gasteiger partial charge is 0.341 e. The summed E-state index contributed by atoms with van der Waals surface area (Å²) in [6.45, 7) is 2.11.